The van der Waals surface area contributed by atoms with Crippen LogP contribution < -0.4 is 5.73 Å². The summed E-state index contributed by atoms with van der Waals surface area (Å²) in [6.07, 6.45) is 0. The van der Waals surface area contributed by atoms with E-state index >= 15 is 0 Å². The number of nitriles is 1. The van der Waals surface area contributed by atoms with E-state index in [9.17, 15) is 5.11 Å². The molecule has 0 bridgehead atoms. The molecule has 0 aliphatic rings. The third-order valence-electron chi connectivity index (χ3n) is 2.07. The quantitative estimate of drug-likeness (QED) is 0.638. The molecule has 4 N–H and O–H groups in total. The highest BCUT2D eigenvalue weighted by atomic mass is 16.3. The average molecular weight is 192 g/mol. The number of aryl methyl sites for hydroxylation is 1. The van der Waals surface area contributed by atoms with E-state index < -0.39 is 6.04 Å². The summed E-state index contributed by atoms with van der Waals surface area (Å²) in [4.78, 5) is 0. The Hall–Kier alpha value is -1.57. The molecule has 0 aliphatic carbocycles. The van der Waals surface area contributed by atoms with Crippen molar-refractivity contribution in [2.24, 2.45) is 5.73 Å². The zero-order chi connectivity index (χ0) is 10.7. The van der Waals surface area contributed by atoms with Crippen molar-refractivity contribution in [2.45, 2.75) is 13.0 Å². The van der Waals surface area contributed by atoms with Crippen LogP contribution in [0.5, 0.6) is 5.75 Å². The lowest BCUT2D eigenvalue weighted by Gasteiger charge is -2.11. The van der Waals surface area contributed by atoms with Crippen LogP contribution in [0.25, 0.3) is 0 Å². The van der Waals surface area contributed by atoms with Crippen molar-refractivity contribution in [1.29, 1.82) is 5.26 Å². The fourth-order valence-electron chi connectivity index (χ4n) is 1.21. The smallest absolute Gasteiger partial charge is 0.136 e. The highest BCUT2D eigenvalue weighted by Crippen LogP contribution is 2.25. The molecule has 0 heterocycles. The van der Waals surface area contributed by atoms with Crippen molar-refractivity contribution in [3.63, 3.8) is 0 Å². The minimum absolute atomic E-state index is 0.0265. The third kappa shape index (κ3) is 1.84. The Bertz CT molecular complexity index is 382. The van der Waals surface area contributed by atoms with E-state index in [0.29, 0.717) is 11.1 Å². The number of phenolic OH excluding ortho intramolecular Hbond substituents is 1. The van der Waals surface area contributed by atoms with Crippen molar-refractivity contribution in [3.05, 3.63) is 28.8 Å². The van der Waals surface area contributed by atoms with Crippen molar-refractivity contribution in [2.75, 3.05) is 6.61 Å². The second-order valence-electron chi connectivity index (χ2n) is 3.13. The number of phenols is 1. The number of benzene rings is 1. The minimum atomic E-state index is -0.513. The fraction of sp³-hybridized carbons (Fsp3) is 0.300. The molecular weight excluding hydrogens is 180 g/mol. The zero-order valence-corrected chi connectivity index (χ0v) is 7.86. The maximum Gasteiger partial charge on any atom is 0.136 e. The molecule has 4 nitrogen and oxygen atoms in total. The minimum Gasteiger partial charge on any atom is -0.506 e. The topological polar surface area (TPSA) is 90.3 Å². The lowest BCUT2D eigenvalue weighted by atomic mass is 10.0. The average Bonchev–Trinajstić information content (AvgIpc) is 2.20. The molecule has 0 amide bonds. The number of aromatic hydroxyl groups is 1. The molecular formula is C10H12N2O2. The second kappa shape index (κ2) is 4.09. The van der Waals surface area contributed by atoms with Gasteiger partial charge in [0.1, 0.15) is 11.8 Å². The Morgan fingerprint density at radius 3 is 2.71 bits per heavy atom. The molecule has 14 heavy (non-hydrogen) atoms. The van der Waals surface area contributed by atoms with E-state index in [1.165, 1.54) is 6.07 Å². The number of aliphatic hydroxyl groups is 1. The first-order valence-electron chi connectivity index (χ1n) is 4.20. The van der Waals surface area contributed by atoms with Gasteiger partial charge in [0.15, 0.2) is 0 Å². The molecule has 0 saturated carbocycles. The van der Waals surface area contributed by atoms with Crippen molar-refractivity contribution in [3.8, 4) is 11.8 Å². The summed E-state index contributed by atoms with van der Waals surface area (Å²) in [5, 5.41) is 27.0. The molecule has 1 rings (SSSR count). The zero-order valence-electron chi connectivity index (χ0n) is 7.86. The molecule has 1 unspecified atom stereocenters. The van der Waals surface area contributed by atoms with E-state index in [-0.39, 0.29) is 17.9 Å². The maximum atomic E-state index is 9.45. The first kappa shape index (κ1) is 10.5. The fourth-order valence-corrected chi connectivity index (χ4v) is 1.21. The van der Waals surface area contributed by atoms with Gasteiger partial charge >= 0.3 is 0 Å². The number of rotatable bonds is 2. The molecule has 74 valence electrons. The molecule has 4 heteroatoms. The number of aliphatic hydroxyl groups excluding tert-OH is 1. The van der Waals surface area contributed by atoms with Gasteiger partial charge in [-0.25, -0.2) is 0 Å². The third-order valence-corrected chi connectivity index (χ3v) is 2.07. The SMILES string of the molecule is Cc1cc(C(N)CO)cc(C#N)c1O. The Labute approximate surface area is 82.2 Å². The van der Waals surface area contributed by atoms with Crippen molar-refractivity contribution in [1.82, 2.24) is 0 Å². The summed E-state index contributed by atoms with van der Waals surface area (Å²) in [6.45, 7) is 1.50. The summed E-state index contributed by atoms with van der Waals surface area (Å²) in [5.74, 6) is -0.0265. The van der Waals surface area contributed by atoms with E-state index in [4.69, 9.17) is 16.1 Å². The van der Waals surface area contributed by atoms with E-state index in [0.717, 1.165) is 0 Å². The van der Waals surface area contributed by atoms with Crippen LogP contribution in [-0.2, 0) is 0 Å². The lowest BCUT2D eigenvalue weighted by molar-refractivity contribution is 0.268. The van der Waals surface area contributed by atoms with Gasteiger partial charge in [-0.15, -0.1) is 0 Å². The van der Waals surface area contributed by atoms with E-state index in [1.807, 2.05) is 6.07 Å². The van der Waals surface area contributed by atoms with Gasteiger partial charge in [-0.3, -0.25) is 0 Å². The predicted molar refractivity (Wildman–Crippen MR) is 51.6 cm³/mol. The summed E-state index contributed by atoms with van der Waals surface area (Å²) in [6, 6.07) is 4.51. The standard InChI is InChI=1S/C10H12N2O2/c1-6-2-7(9(12)5-13)3-8(4-11)10(6)14/h2-3,9,13-14H,5,12H2,1H3. The predicted octanol–water partition coefficient (Wildman–Crippen LogP) is 0.564. The van der Waals surface area contributed by atoms with Gasteiger partial charge in [-0.1, -0.05) is 6.07 Å². The normalized spacial score (nSPS) is 12.1. The van der Waals surface area contributed by atoms with Gasteiger partial charge < -0.3 is 15.9 Å². The van der Waals surface area contributed by atoms with Crippen LogP contribution in [0.3, 0.4) is 0 Å². The maximum absolute atomic E-state index is 9.45. The Kier molecular flexibility index (Phi) is 3.07. The summed E-state index contributed by atoms with van der Waals surface area (Å²) >= 11 is 0. The molecule has 0 aliphatic heterocycles. The van der Waals surface area contributed by atoms with Crippen LogP contribution in [0.2, 0.25) is 0 Å². The summed E-state index contributed by atoms with van der Waals surface area (Å²) in [5.41, 5.74) is 7.02. The molecule has 0 saturated heterocycles. The van der Waals surface area contributed by atoms with Crippen LogP contribution in [-0.4, -0.2) is 16.8 Å². The van der Waals surface area contributed by atoms with Gasteiger partial charge in [-0.05, 0) is 24.1 Å². The highest BCUT2D eigenvalue weighted by molar-refractivity contribution is 5.50. The van der Waals surface area contributed by atoms with Gasteiger partial charge in [-0.2, -0.15) is 5.26 Å². The molecule has 1 atom stereocenters. The number of nitrogens with zero attached hydrogens (tertiary/aromatic N) is 1. The molecule has 0 fully saturated rings. The van der Waals surface area contributed by atoms with Gasteiger partial charge in [0.25, 0.3) is 0 Å². The number of hydrogen-bond acceptors (Lipinski definition) is 4. The highest BCUT2D eigenvalue weighted by Gasteiger charge is 2.10. The van der Waals surface area contributed by atoms with E-state index in [2.05, 4.69) is 0 Å². The van der Waals surface area contributed by atoms with Gasteiger partial charge in [0.05, 0.1) is 18.2 Å². The molecule has 0 radical (unpaired) electrons. The Balaban J connectivity index is 3.24. The largest absolute Gasteiger partial charge is 0.506 e. The molecule has 1 aromatic rings. The molecule has 0 aromatic heterocycles. The van der Waals surface area contributed by atoms with Crippen LogP contribution >= 0.6 is 0 Å². The molecule has 0 spiro atoms. The Morgan fingerprint density at radius 1 is 1.57 bits per heavy atom. The monoisotopic (exact) mass is 192 g/mol. The summed E-state index contributed by atoms with van der Waals surface area (Å²) < 4.78 is 0. The van der Waals surface area contributed by atoms with Crippen molar-refractivity contribution < 1.29 is 10.2 Å². The Morgan fingerprint density at radius 2 is 2.21 bits per heavy atom. The number of hydrogen-bond donors (Lipinski definition) is 3. The van der Waals surface area contributed by atoms with Crippen molar-refractivity contribution >= 4 is 0 Å². The van der Waals surface area contributed by atoms with Crippen LogP contribution in [0.15, 0.2) is 12.1 Å². The van der Waals surface area contributed by atoms with E-state index in [1.54, 1.807) is 13.0 Å². The van der Waals surface area contributed by atoms with Crippen LogP contribution in [0.1, 0.15) is 22.7 Å². The van der Waals surface area contributed by atoms with Gasteiger partial charge in [0.2, 0.25) is 0 Å². The summed E-state index contributed by atoms with van der Waals surface area (Å²) in [7, 11) is 0. The first-order valence-corrected chi connectivity index (χ1v) is 4.20. The van der Waals surface area contributed by atoms with Crippen LogP contribution in [0, 0.1) is 18.3 Å². The second-order valence-corrected chi connectivity index (χ2v) is 3.13. The molecule has 1 aromatic carbocycles. The van der Waals surface area contributed by atoms with Gasteiger partial charge in [0, 0.05) is 0 Å². The van der Waals surface area contributed by atoms with Crippen LogP contribution in [0.4, 0.5) is 0 Å². The first-order chi connectivity index (χ1) is 6.60. The lowest BCUT2D eigenvalue weighted by Crippen LogP contribution is -2.14. The number of nitrogens with two attached hydrogens (primary N) is 1.